The quantitative estimate of drug-likeness (QED) is 0.672. The Kier molecular flexibility index (Phi) is 5.14. The van der Waals surface area contributed by atoms with Gasteiger partial charge in [-0.3, -0.25) is 10.7 Å². The molecule has 0 spiro atoms. The second-order valence-electron chi connectivity index (χ2n) is 4.79. The topological polar surface area (TPSA) is 71.4 Å². The van der Waals surface area contributed by atoms with Crippen LogP contribution in [0.3, 0.4) is 0 Å². The predicted octanol–water partition coefficient (Wildman–Crippen LogP) is 3.26. The summed E-state index contributed by atoms with van der Waals surface area (Å²) in [5, 5.41) is 10.3. The maximum atomic E-state index is 11.7. The summed E-state index contributed by atoms with van der Waals surface area (Å²) in [6.45, 7) is 2.08. The maximum Gasteiger partial charge on any atom is 0.413 e. The molecule has 5 nitrogen and oxygen atoms in total. The van der Waals surface area contributed by atoms with Crippen molar-refractivity contribution < 1.29 is 14.3 Å². The highest BCUT2D eigenvalue weighted by molar-refractivity contribution is 6.04. The van der Waals surface area contributed by atoms with Gasteiger partial charge in [0.05, 0.1) is 7.11 Å². The normalized spacial score (nSPS) is 9.91. The van der Waals surface area contributed by atoms with Crippen molar-refractivity contribution in [3.63, 3.8) is 0 Å². The number of amidine groups is 1. The predicted molar refractivity (Wildman–Crippen MR) is 84.3 cm³/mol. The summed E-state index contributed by atoms with van der Waals surface area (Å²) in [6.07, 6.45) is -0.659. The number of nitrogens with one attached hydrogen (secondary N) is 2. The zero-order chi connectivity index (χ0) is 15.9. The van der Waals surface area contributed by atoms with Crippen LogP contribution in [-0.2, 0) is 11.3 Å². The van der Waals surface area contributed by atoms with E-state index in [1.54, 1.807) is 25.3 Å². The van der Waals surface area contributed by atoms with E-state index in [0.717, 1.165) is 11.1 Å². The van der Waals surface area contributed by atoms with Crippen molar-refractivity contribution in [3.8, 4) is 5.75 Å². The van der Waals surface area contributed by atoms with Crippen molar-refractivity contribution in [1.82, 2.24) is 5.32 Å². The molecule has 2 aromatic rings. The van der Waals surface area contributed by atoms with Gasteiger partial charge in [0.15, 0.2) is 0 Å². The molecule has 1 amide bonds. The molecule has 5 heteroatoms. The van der Waals surface area contributed by atoms with Crippen molar-refractivity contribution in [2.75, 3.05) is 7.11 Å². The fourth-order valence-corrected chi connectivity index (χ4v) is 1.84. The van der Waals surface area contributed by atoms with Gasteiger partial charge in [-0.2, -0.15) is 0 Å². The Morgan fingerprint density at radius 3 is 2.59 bits per heavy atom. The molecule has 0 unspecified atom stereocenters. The SMILES string of the molecule is COc1cccc(COC(=O)NC(=N)c2ccc(C)cc2)c1. The first-order valence-corrected chi connectivity index (χ1v) is 6.81. The van der Waals surface area contributed by atoms with E-state index in [0.29, 0.717) is 11.3 Å². The number of hydrogen-bond acceptors (Lipinski definition) is 4. The molecule has 0 saturated carbocycles. The number of hydrogen-bond donors (Lipinski definition) is 2. The molecule has 22 heavy (non-hydrogen) atoms. The number of rotatable bonds is 4. The van der Waals surface area contributed by atoms with Crippen LogP contribution in [-0.4, -0.2) is 19.0 Å². The van der Waals surface area contributed by atoms with E-state index in [2.05, 4.69) is 5.32 Å². The van der Waals surface area contributed by atoms with Crippen LogP contribution in [0.5, 0.6) is 5.75 Å². The second kappa shape index (κ2) is 7.26. The molecule has 0 heterocycles. The number of alkyl carbamates (subject to hydrolysis) is 1. The van der Waals surface area contributed by atoms with Crippen molar-refractivity contribution in [2.45, 2.75) is 13.5 Å². The van der Waals surface area contributed by atoms with Gasteiger partial charge >= 0.3 is 6.09 Å². The molecule has 0 aromatic heterocycles. The standard InChI is InChI=1S/C17H18N2O3/c1-12-6-8-14(9-7-12)16(18)19-17(20)22-11-13-4-3-5-15(10-13)21-2/h3-10H,11H2,1-2H3,(H2,18,19,20). The molecule has 0 radical (unpaired) electrons. The lowest BCUT2D eigenvalue weighted by Gasteiger charge is -2.09. The molecule has 0 saturated heterocycles. The molecule has 0 bridgehead atoms. The summed E-state index contributed by atoms with van der Waals surface area (Å²) in [5.41, 5.74) is 2.54. The third-order valence-corrected chi connectivity index (χ3v) is 3.07. The first-order chi connectivity index (χ1) is 10.6. The lowest BCUT2D eigenvalue weighted by Crippen LogP contribution is -2.30. The first kappa shape index (κ1) is 15.6. The van der Waals surface area contributed by atoms with Gasteiger partial charge in [-0.25, -0.2) is 4.79 Å². The van der Waals surface area contributed by atoms with E-state index in [1.165, 1.54) is 0 Å². The summed E-state index contributed by atoms with van der Waals surface area (Å²) >= 11 is 0. The molecule has 0 aliphatic heterocycles. The average molecular weight is 298 g/mol. The van der Waals surface area contributed by atoms with Gasteiger partial charge in [0, 0.05) is 5.56 Å². The van der Waals surface area contributed by atoms with Crippen LogP contribution in [0.15, 0.2) is 48.5 Å². The molecule has 0 aliphatic carbocycles. The summed E-state index contributed by atoms with van der Waals surface area (Å²) in [4.78, 5) is 11.7. The molecule has 0 aliphatic rings. The van der Waals surface area contributed by atoms with Crippen molar-refractivity contribution in [1.29, 1.82) is 5.41 Å². The zero-order valence-corrected chi connectivity index (χ0v) is 12.6. The van der Waals surface area contributed by atoms with Gasteiger partial charge in [-0.05, 0) is 24.6 Å². The van der Waals surface area contributed by atoms with Gasteiger partial charge in [0.25, 0.3) is 0 Å². The summed E-state index contributed by atoms with van der Waals surface area (Å²) in [5.74, 6) is 0.713. The van der Waals surface area contributed by atoms with E-state index in [4.69, 9.17) is 14.9 Å². The first-order valence-electron chi connectivity index (χ1n) is 6.81. The smallest absolute Gasteiger partial charge is 0.413 e. The lowest BCUT2D eigenvalue weighted by atomic mass is 10.1. The van der Waals surface area contributed by atoms with Crippen molar-refractivity contribution >= 4 is 11.9 Å². The van der Waals surface area contributed by atoms with Crippen LogP contribution >= 0.6 is 0 Å². The van der Waals surface area contributed by atoms with Gasteiger partial charge in [-0.15, -0.1) is 0 Å². The van der Waals surface area contributed by atoms with E-state index < -0.39 is 6.09 Å². The Bertz CT molecular complexity index is 666. The molecule has 0 atom stereocenters. The van der Waals surface area contributed by atoms with Crippen LogP contribution in [0.25, 0.3) is 0 Å². The number of amides is 1. The average Bonchev–Trinajstić information content (AvgIpc) is 2.53. The van der Waals surface area contributed by atoms with Crippen LogP contribution in [0.2, 0.25) is 0 Å². The van der Waals surface area contributed by atoms with Gasteiger partial charge in [0.1, 0.15) is 18.2 Å². The highest BCUT2D eigenvalue weighted by Gasteiger charge is 2.08. The van der Waals surface area contributed by atoms with E-state index in [9.17, 15) is 4.79 Å². The van der Waals surface area contributed by atoms with Gasteiger partial charge in [-0.1, -0.05) is 42.0 Å². The number of methoxy groups -OCH3 is 1. The lowest BCUT2D eigenvalue weighted by molar-refractivity contribution is 0.145. The molecule has 2 rings (SSSR count). The van der Waals surface area contributed by atoms with E-state index in [1.807, 2.05) is 37.3 Å². The van der Waals surface area contributed by atoms with Crippen LogP contribution in [0.4, 0.5) is 4.79 Å². The van der Waals surface area contributed by atoms with Crippen molar-refractivity contribution in [3.05, 3.63) is 65.2 Å². The maximum absolute atomic E-state index is 11.7. The minimum absolute atomic E-state index is 0.00985. The minimum Gasteiger partial charge on any atom is -0.497 e. The number of ether oxygens (including phenoxy) is 2. The fourth-order valence-electron chi connectivity index (χ4n) is 1.84. The molecule has 114 valence electrons. The van der Waals surface area contributed by atoms with Crippen LogP contribution < -0.4 is 10.1 Å². The number of benzene rings is 2. The number of carbonyl (C=O) groups is 1. The Morgan fingerprint density at radius 1 is 1.18 bits per heavy atom. The van der Waals surface area contributed by atoms with Gasteiger partial charge in [0.2, 0.25) is 0 Å². The third-order valence-electron chi connectivity index (χ3n) is 3.07. The Morgan fingerprint density at radius 2 is 1.91 bits per heavy atom. The van der Waals surface area contributed by atoms with E-state index >= 15 is 0 Å². The molecule has 2 N–H and O–H groups in total. The summed E-state index contributed by atoms with van der Waals surface area (Å²) < 4.78 is 10.2. The Balaban J connectivity index is 1.87. The number of aryl methyl sites for hydroxylation is 1. The highest BCUT2D eigenvalue weighted by Crippen LogP contribution is 2.13. The van der Waals surface area contributed by atoms with Crippen molar-refractivity contribution in [2.24, 2.45) is 0 Å². The second-order valence-corrected chi connectivity index (χ2v) is 4.79. The Labute approximate surface area is 129 Å². The summed E-state index contributed by atoms with van der Waals surface area (Å²) in [6, 6.07) is 14.6. The van der Waals surface area contributed by atoms with E-state index in [-0.39, 0.29) is 12.4 Å². The summed E-state index contributed by atoms with van der Waals surface area (Å²) in [7, 11) is 1.58. The minimum atomic E-state index is -0.659. The van der Waals surface area contributed by atoms with Gasteiger partial charge < -0.3 is 9.47 Å². The molecular weight excluding hydrogens is 280 g/mol. The monoisotopic (exact) mass is 298 g/mol. The highest BCUT2D eigenvalue weighted by atomic mass is 16.5. The largest absolute Gasteiger partial charge is 0.497 e. The molecule has 2 aromatic carbocycles. The van der Waals surface area contributed by atoms with Crippen LogP contribution in [0.1, 0.15) is 16.7 Å². The van der Waals surface area contributed by atoms with Crippen LogP contribution in [0, 0.1) is 12.3 Å². The fraction of sp³-hybridized carbons (Fsp3) is 0.176. The number of carbonyl (C=O) groups excluding carboxylic acids is 1. The zero-order valence-electron chi connectivity index (χ0n) is 12.6. The molecule has 0 fully saturated rings. The Hall–Kier alpha value is -2.82. The third kappa shape index (κ3) is 4.34. The molecular formula is C17H18N2O3.